The van der Waals surface area contributed by atoms with E-state index in [9.17, 15) is 14.0 Å². The van der Waals surface area contributed by atoms with Gasteiger partial charge < -0.3 is 15.8 Å². The standard InChI is InChI=1S/C17H20BrFN4O3S/c1-17(2,3)8-21-16(25)22-15-12(13(20)24)14(23-27-15)26-7-9-4-5-10(18)6-11(9)19/h4-6H,7-8H2,1-3H3,(H2,20,24)(H2,21,22,25). The van der Waals surface area contributed by atoms with E-state index >= 15 is 0 Å². The molecule has 0 atom stereocenters. The zero-order chi connectivity index (χ0) is 20.2. The van der Waals surface area contributed by atoms with Crippen LogP contribution in [0.1, 0.15) is 36.7 Å². The van der Waals surface area contributed by atoms with Gasteiger partial charge in [0.05, 0.1) is 0 Å². The first-order chi connectivity index (χ1) is 12.6. The van der Waals surface area contributed by atoms with Crippen LogP contribution in [0.2, 0.25) is 0 Å². The van der Waals surface area contributed by atoms with Crippen molar-refractivity contribution in [2.24, 2.45) is 11.1 Å². The third-order valence-corrected chi connectivity index (χ3v) is 4.53. The summed E-state index contributed by atoms with van der Waals surface area (Å²) < 4.78 is 23.9. The number of ether oxygens (including phenoxy) is 1. The van der Waals surface area contributed by atoms with Gasteiger partial charge in [-0.2, -0.15) is 4.37 Å². The molecule has 0 unspecified atom stereocenters. The summed E-state index contributed by atoms with van der Waals surface area (Å²) in [6, 6.07) is 4.04. The van der Waals surface area contributed by atoms with Crippen LogP contribution >= 0.6 is 27.5 Å². The lowest BCUT2D eigenvalue weighted by Gasteiger charge is -2.18. The Hall–Kier alpha value is -2.20. The number of amides is 3. The maximum Gasteiger partial charge on any atom is 0.319 e. The Bertz CT molecular complexity index is 851. The second-order valence-electron chi connectivity index (χ2n) is 6.95. The third kappa shape index (κ3) is 6.17. The number of carbonyl (C=O) groups is 2. The lowest BCUT2D eigenvalue weighted by atomic mass is 9.97. The van der Waals surface area contributed by atoms with E-state index in [0.717, 1.165) is 11.5 Å². The van der Waals surface area contributed by atoms with E-state index in [1.807, 2.05) is 20.8 Å². The Morgan fingerprint density at radius 3 is 2.67 bits per heavy atom. The van der Waals surface area contributed by atoms with E-state index in [-0.39, 0.29) is 28.5 Å². The fourth-order valence-corrected chi connectivity index (χ4v) is 3.02. The van der Waals surface area contributed by atoms with Gasteiger partial charge in [0.1, 0.15) is 23.0 Å². The number of urea groups is 1. The van der Waals surface area contributed by atoms with Crippen molar-refractivity contribution in [2.45, 2.75) is 27.4 Å². The molecule has 0 radical (unpaired) electrons. The molecule has 0 aliphatic carbocycles. The molecule has 0 bridgehead atoms. The molecule has 1 heterocycles. The highest BCUT2D eigenvalue weighted by Crippen LogP contribution is 2.31. The lowest BCUT2D eigenvalue weighted by Crippen LogP contribution is -2.35. The number of benzene rings is 1. The van der Waals surface area contributed by atoms with Gasteiger partial charge in [-0.3, -0.25) is 10.1 Å². The number of hydrogen-bond acceptors (Lipinski definition) is 5. The molecule has 27 heavy (non-hydrogen) atoms. The molecule has 3 amide bonds. The van der Waals surface area contributed by atoms with Crippen LogP contribution in [0.3, 0.4) is 0 Å². The molecule has 7 nitrogen and oxygen atoms in total. The van der Waals surface area contributed by atoms with E-state index in [1.54, 1.807) is 12.1 Å². The molecule has 10 heteroatoms. The molecule has 1 aromatic heterocycles. The van der Waals surface area contributed by atoms with Crippen LogP contribution in [0.25, 0.3) is 0 Å². The van der Waals surface area contributed by atoms with Gasteiger partial charge in [0, 0.05) is 16.6 Å². The van der Waals surface area contributed by atoms with Crippen LogP contribution in [-0.4, -0.2) is 22.9 Å². The van der Waals surface area contributed by atoms with Crippen molar-refractivity contribution in [3.8, 4) is 5.88 Å². The second-order valence-corrected chi connectivity index (χ2v) is 8.64. The number of aromatic nitrogens is 1. The van der Waals surface area contributed by atoms with Gasteiger partial charge in [0.15, 0.2) is 0 Å². The Kier molecular flexibility index (Phi) is 6.77. The number of nitrogens with zero attached hydrogens (tertiary/aromatic N) is 1. The van der Waals surface area contributed by atoms with Crippen LogP contribution in [0, 0.1) is 11.2 Å². The summed E-state index contributed by atoms with van der Waals surface area (Å²) in [5.41, 5.74) is 5.54. The average molecular weight is 459 g/mol. The molecule has 2 rings (SSSR count). The number of carbonyl (C=O) groups excluding carboxylic acids is 2. The highest BCUT2D eigenvalue weighted by Gasteiger charge is 2.22. The normalized spacial score (nSPS) is 11.1. The van der Waals surface area contributed by atoms with Gasteiger partial charge in [-0.1, -0.05) is 42.8 Å². The first-order valence-corrected chi connectivity index (χ1v) is 9.54. The monoisotopic (exact) mass is 458 g/mol. The van der Waals surface area contributed by atoms with E-state index in [0.29, 0.717) is 16.6 Å². The molecule has 0 aliphatic heterocycles. The summed E-state index contributed by atoms with van der Waals surface area (Å²) in [6.07, 6.45) is 0. The Labute approximate surface area is 168 Å². The maximum atomic E-state index is 13.9. The highest BCUT2D eigenvalue weighted by atomic mass is 79.9. The number of anilines is 1. The van der Waals surface area contributed by atoms with Crippen molar-refractivity contribution in [1.29, 1.82) is 0 Å². The van der Waals surface area contributed by atoms with E-state index < -0.39 is 17.8 Å². The summed E-state index contributed by atoms with van der Waals surface area (Å²) in [6.45, 7) is 6.22. The quantitative estimate of drug-likeness (QED) is 0.610. The third-order valence-electron chi connectivity index (χ3n) is 3.29. The zero-order valence-corrected chi connectivity index (χ0v) is 17.5. The topological polar surface area (TPSA) is 106 Å². The highest BCUT2D eigenvalue weighted by molar-refractivity contribution is 9.10. The Balaban J connectivity index is 2.10. The molecule has 2 aromatic rings. The molecule has 0 saturated carbocycles. The smallest absolute Gasteiger partial charge is 0.319 e. The molecule has 0 aliphatic rings. The fraction of sp³-hybridized carbons (Fsp3) is 0.353. The van der Waals surface area contributed by atoms with Gasteiger partial charge in [0.2, 0.25) is 5.88 Å². The minimum atomic E-state index is -0.804. The predicted molar refractivity (Wildman–Crippen MR) is 106 cm³/mol. The van der Waals surface area contributed by atoms with E-state index in [1.165, 1.54) is 6.07 Å². The molecule has 0 fully saturated rings. The van der Waals surface area contributed by atoms with Crippen molar-refractivity contribution < 1.29 is 18.7 Å². The fourth-order valence-electron chi connectivity index (χ4n) is 1.95. The van der Waals surface area contributed by atoms with Crippen molar-refractivity contribution in [1.82, 2.24) is 9.69 Å². The number of rotatable bonds is 6. The van der Waals surface area contributed by atoms with E-state index in [2.05, 4.69) is 30.9 Å². The van der Waals surface area contributed by atoms with Crippen LogP contribution in [-0.2, 0) is 6.61 Å². The SMILES string of the molecule is CC(C)(C)CNC(=O)Nc1snc(OCc2ccc(Br)cc2F)c1C(N)=O. The summed E-state index contributed by atoms with van der Waals surface area (Å²) in [7, 11) is 0. The Morgan fingerprint density at radius 2 is 2.07 bits per heavy atom. The van der Waals surface area contributed by atoms with Gasteiger partial charge in [0.25, 0.3) is 5.91 Å². The van der Waals surface area contributed by atoms with Crippen LogP contribution in [0.4, 0.5) is 14.2 Å². The van der Waals surface area contributed by atoms with Crippen LogP contribution < -0.4 is 21.1 Å². The minimum Gasteiger partial charge on any atom is -0.471 e. The van der Waals surface area contributed by atoms with Crippen molar-refractivity contribution in [2.75, 3.05) is 11.9 Å². The number of nitrogens with one attached hydrogen (secondary N) is 2. The first kappa shape index (κ1) is 21.1. The largest absolute Gasteiger partial charge is 0.471 e. The zero-order valence-electron chi connectivity index (χ0n) is 15.1. The summed E-state index contributed by atoms with van der Waals surface area (Å²) in [5.74, 6) is -1.32. The van der Waals surface area contributed by atoms with Crippen molar-refractivity contribution >= 4 is 44.4 Å². The number of nitrogens with two attached hydrogens (primary N) is 1. The number of primary amides is 1. The van der Waals surface area contributed by atoms with Crippen LogP contribution in [0.15, 0.2) is 22.7 Å². The predicted octanol–water partition coefficient (Wildman–Crippen LogP) is 3.89. The summed E-state index contributed by atoms with van der Waals surface area (Å²) >= 11 is 4.03. The molecule has 1 aromatic carbocycles. The maximum absolute atomic E-state index is 13.9. The van der Waals surface area contributed by atoms with Crippen molar-refractivity contribution in [3.63, 3.8) is 0 Å². The molecule has 146 valence electrons. The summed E-state index contributed by atoms with van der Waals surface area (Å²) in [5, 5.41) is 5.41. The van der Waals surface area contributed by atoms with Crippen molar-refractivity contribution in [3.05, 3.63) is 39.6 Å². The number of halogens is 2. The van der Waals surface area contributed by atoms with Gasteiger partial charge in [-0.15, -0.1) is 0 Å². The average Bonchev–Trinajstić information content (AvgIpc) is 2.94. The van der Waals surface area contributed by atoms with Gasteiger partial charge >= 0.3 is 6.03 Å². The molecular weight excluding hydrogens is 439 g/mol. The molecule has 0 spiro atoms. The van der Waals surface area contributed by atoms with Gasteiger partial charge in [-0.25, -0.2) is 9.18 Å². The molecule has 0 saturated heterocycles. The van der Waals surface area contributed by atoms with Crippen LogP contribution in [0.5, 0.6) is 5.88 Å². The first-order valence-electron chi connectivity index (χ1n) is 7.98. The molecular formula is C17H20BrFN4O3S. The van der Waals surface area contributed by atoms with Gasteiger partial charge in [-0.05, 0) is 29.1 Å². The lowest BCUT2D eigenvalue weighted by molar-refractivity contribution is 0.0996. The Morgan fingerprint density at radius 1 is 1.37 bits per heavy atom. The number of hydrogen-bond donors (Lipinski definition) is 3. The second kappa shape index (κ2) is 8.66. The minimum absolute atomic E-state index is 0.0524. The summed E-state index contributed by atoms with van der Waals surface area (Å²) in [4.78, 5) is 23.8. The van der Waals surface area contributed by atoms with E-state index in [4.69, 9.17) is 10.5 Å². The molecule has 4 N–H and O–H groups in total.